The molecule has 1 amide bonds. The van der Waals surface area contributed by atoms with Gasteiger partial charge in [0.25, 0.3) is 5.56 Å². The van der Waals surface area contributed by atoms with E-state index in [1.807, 2.05) is 43.3 Å². The van der Waals surface area contributed by atoms with Gasteiger partial charge >= 0.3 is 0 Å². The molecule has 1 aromatic carbocycles. The Hall–Kier alpha value is -2.12. The summed E-state index contributed by atoms with van der Waals surface area (Å²) in [6.07, 6.45) is 1.67. The normalized spacial score (nSPS) is 12.4. The van der Waals surface area contributed by atoms with Crippen LogP contribution in [0.25, 0.3) is 10.2 Å². The molecule has 3 aromatic rings. The van der Waals surface area contributed by atoms with Crippen LogP contribution in [0.3, 0.4) is 0 Å². The fraction of sp³-hybridized carbons (Fsp3) is 0.316. The van der Waals surface area contributed by atoms with E-state index in [4.69, 9.17) is 10.7 Å². The van der Waals surface area contributed by atoms with Crippen molar-refractivity contribution in [3.05, 3.63) is 57.2 Å². The Morgan fingerprint density at radius 3 is 2.65 bits per heavy atom. The third-order valence-electron chi connectivity index (χ3n) is 4.05. The zero-order valence-electron chi connectivity index (χ0n) is 14.8. The van der Waals surface area contributed by atoms with Crippen molar-refractivity contribution in [2.45, 2.75) is 43.6 Å². The number of carbonyl (C=O) groups is 1. The Labute approximate surface area is 160 Å². The first kappa shape index (κ1) is 18.7. The van der Waals surface area contributed by atoms with E-state index in [-0.39, 0.29) is 5.56 Å². The molecule has 1 atom stereocenters. The molecule has 7 heteroatoms. The maximum absolute atomic E-state index is 13.0. The van der Waals surface area contributed by atoms with Crippen molar-refractivity contribution in [3.63, 3.8) is 0 Å². The molecule has 0 radical (unpaired) electrons. The fourth-order valence-corrected chi connectivity index (χ4v) is 4.84. The van der Waals surface area contributed by atoms with Crippen molar-refractivity contribution in [1.29, 1.82) is 0 Å². The lowest BCUT2D eigenvalue weighted by Gasteiger charge is -2.16. The lowest BCUT2D eigenvalue weighted by molar-refractivity contribution is -0.117. The molecule has 136 valence electrons. The fourth-order valence-electron chi connectivity index (χ4n) is 2.76. The number of benzene rings is 1. The molecule has 0 saturated heterocycles. The standard InChI is InChI=1S/C19H21N3O2S2/c1-3-10-22-18(24)14-11-13(4-2)25-17(14)21-19(22)26-15(16(20)23)12-8-6-5-7-9-12/h5-9,11,15H,3-4,10H2,1-2H3,(H2,20,23). The number of aromatic nitrogens is 2. The number of nitrogens with zero attached hydrogens (tertiary/aromatic N) is 2. The van der Waals surface area contributed by atoms with E-state index in [0.29, 0.717) is 17.1 Å². The molecule has 2 N–H and O–H groups in total. The van der Waals surface area contributed by atoms with Gasteiger partial charge in [-0.1, -0.05) is 55.9 Å². The van der Waals surface area contributed by atoms with Crippen LogP contribution < -0.4 is 11.3 Å². The average Bonchev–Trinajstić information content (AvgIpc) is 3.06. The van der Waals surface area contributed by atoms with Gasteiger partial charge in [0.15, 0.2) is 5.16 Å². The Kier molecular flexibility index (Phi) is 5.78. The highest BCUT2D eigenvalue weighted by atomic mass is 32.2. The monoisotopic (exact) mass is 387 g/mol. The van der Waals surface area contributed by atoms with Crippen molar-refractivity contribution in [1.82, 2.24) is 9.55 Å². The van der Waals surface area contributed by atoms with Crippen LogP contribution >= 0.6 is 23.1 Å². The van der Waals surface area contributed by atoms with Crippen LogP contribution in [-0.2, 0) is 17.8 Å². The smallest absolute Gasteiger partial charge is 0.262 e. The summed E-state index contributed by atoms with van der Waals surface area (Å²) >= 11 is 2.78. The molecule has 2 aromatic heterocycles. The van der Waals surface area contributed by atoms with E-state index in [1.54, 1.807) is 4.57 Å². The maximum atomic E-state index is 13.0. The van der Waals surface area contributed by atoms with Crippen molar-refractivity contribution < 1.29 is 4.79 Å². The molecule has 0 aliphatic carbocycles. The van der Waals surface area contributed by atoms with E-state index in [2.05, 4.69) is 6.92 Å². The van der Waals surface area contributed by atoms with Crippen LogP contribution in [0, 0.1) is 0 Å². The first-order valence-corrected chi connectivity index (χ1v) is 10.3. The number of rotatable bonds is 7. The van der Waals surface area contributed by atoms with E-state index < -0.39 is 11.2 Å². The molecule has 0 aliphatic heterocycles. The highest BCUT2D eigenvalue weighted by Crippen LogP contribution is 2.35. The predicted octanol–water partition coefficient (Wildman–Crippen LogP) is 3.75. The number of aryl methyl sites for hydroxylation is 1. The van der Waals surface area contributed by atoms with Gasteiger partial charge in [-0.25, -0.2) is 4.98 Å². The summed E-state index contributed by atoms with van der Waals surface area (Å²) in [5.74, 6) is -0.445. The maximum Gasteiger partial charge on any atom is 0.262 e. The molecule has 2 heterocycles. The van der Waals surface area contributed by atoms with Crippen LogP contribution in [0.15, 0.2) is 46.3 Å². The molecular weight excluding hydrogens is 366 g/mol. The summed E-state index contributed by atoms with van der Waals surface area (Å²) in [4.78, 5) is 31.6. The summed E-state index contributed by atoms with van der Waals surface area (Å²) in [5.41, 5.74) is 6.40. The number of hydrogen-bond acceptors (Lipinski definition) is 5. The average molecular weight is 388 g/mol. The third-order valence-corrected chi connectivity index (χ3v) is 6.48. The number of primary amides is 1. The van der Waals surface area contributed by atoms with Crippen LogP contribution in [0.5, 0.6) is 0 Å². The van der Waals surface area contributed by atoms with E-state index in [0.717, 1.165) is 28.1 Å². The van der Waals surface area contributed by atoms with Gasteiger partial charge in [0, 0.05) is 11.4 Å². The van der Waals surface area contributed by atoms with Crippen LogP contribution in [0.2, 0.25) is 0 Å². The second-order valence-electron chi connectivity index (χ2n) is 5.95. The summed E-state index contributed by atoms with van der Waals surface area (Å²) in [6.45, 7) is 4.63. The zero-order valence-corrected chi connectivity index (χ0v) is 16.4. The van der Waals surface area contributed by atoms with E-state index in [1.165, 1.54) is 23.1 Å². The molecule has 3 rings (SSSR count). The Morgan fingerprint density at radius 2 is 2.04 bits per heavy atom. The number of thiophene rings is 1. The summed E-state index contributed by atoms with van der Waals surface area (Å²) in [5, 5.41) is 0.607. The molecule has 0 bridgehead atoms. The number of carbonyl (C=O) groups excluding carboxylic acids is 1. The first-order valence-electron chi connectivity index (χ1n) is 8.59. The van der Waals surface area contributed by atoms with Gasteiger partial charge < -0.3 is 5.73 Å². The molecule has 26 heavy (non-hydrogen) atoms. The summed E-state index contributed by atoms with van der Waals surface area (Å²) in [6, 6.07) is 11.3. The van der Waals surface area contributed by atoms with Gasteiger partial charge in [-0.05, 0) is 24.5 Å². The van der Waals surface area contributed by atoms with Gasteiger partial charge in [0.05, 0.1) is 5.39 Å². The predicted molar refractivity (Wildman–Crippen MR) is 108 cm³/mol. The second-order valence-corrected chi connectivity index (χ2v) is 8.13. The lowest BCUT2D eigenvalue weighted by atomic mass is 10.1. The molecule has 0 saturated carbocycles. The van der Waals surface area contributed by atoms with Gasteiger partial charge in [-0.3, -0.25) is 14.2 Å². The summed E-state index contributed by atoms with van der Waals surface area (Å²) < 4.78 is 1.66. The quantitative estimate of drug-likeness (QED) is 0.495. The Morgan fingerprint density at radius 1 is 1.31 bits per heavy atom. The van der Waals surface area contributed by atoms with Crippen LogP contribution in [0.1, 0.15) is 36.0 Å². The van der Waals surface area contributed by atoms with Crippen molar-refractivity contribution in [2.24, 2.45) is 5.73 Å². The molecular formula is C19H21N3O2S2. The number of hydrogen-bond donors (Lipinski definition) is 1. The van der Waals surface area contributed by atoms with Crippen molar-refractivity contribution >= 4 is 39.2 Å². The molecule has 1 unspecified atom stereocenters. The summed E-state index contributed by atoms with van der Waals surface area (Å²) in [7, 11) is 0. The minimum atomic E-state index is -0.589. The molecule has 5 nitrogen and oxygen atoms in total. The lowest BCUT2D eigenvalue weighted by Crippen LogP contribution is -2.25. The highest BCUT2D eigenvalue weighted by Gasteiger charge is 2.23. The molecule has 0 fully saturated rings. The van der Waals surface area contributed by atoms with E-state index >= 15 is 0 Å². The highest BCUT2D eigenvalue weighted by molar-refractivity contribution is 8.00. The van der Waals surface area contributed by atoms with Crippen molar-refractivity contribution in [3.8, 4) is 0 Å². The topological polar surface area (TPSA) is 78.0 Å². The molecule has 0 spiro atoms. The Bertz CT molecular complexity index is 980. The van der Waals surface area contributed by atoms with Gasteiger partial charge in [-0.15, -0.1) is 11.3 Å². The minimum Gasteiger partial charge on any atom is -0.368 e. The Balaban J connectivity index is 2.11. The van der Waals surface area contributed by atoms with Gasteiger partial charge in [-0.2, -0.15) is 0 Å². The van der Waals surface area contributed by atoms with Gasteiger partial charge in [0.1, 0.15) is 10.1 Å². The van der Waals surface area contributed by atoms with Gasteiger partial charge in [0.2, 0.25) is 5.91 Å². The number of thioether (sulfide) groups is 1. The second kappa shape index (κ2) is 8.05. The van der Waals surface area contributed by atoms with E-state index in [9.17, 15) is 9.59 Å². The first-order chi connectivity index (χ1) is 12.5. The number of amides is 1. The minimum absolute atomic E-state index is 0.0495. The van der Waals surface area contributed by atoms with Crippen LogP contribution in [-0.4, -0.2) is 15.5 Å². The van der Waals surface area contributed by atoms with Crippen molar-refractivity contribution in [2.75, 3.05) is 0 Å². The zero-order chi connectivity index (χ0) is 18.7. The third kappa shape index (κ3) is 3.68. The number of fused-ring (bicyclic) bond motifs is 1. The van der Waals surface area contributed by atoms with Crippen LogP contribution in [0.4, 0.5) is 0 Å². The molecule has 0 aliphatic rings. The number of nitrogens with two attached hydrogens (primary N) is 1. The SMILES string of the molecule is CCCn1c(SC(C(N)=O)c2ccccc2)nc2sc(CC)cc2c1=O. The largest absolute Gasteiger partial charge is 0.368 e.